The lowest BCUT2D eigenvalue weighted by Gasteiger charge is -2.33. The summed E-state index contributed by atoms with van der Waals surface area (Å²) in [4.78, 5) is 39.0. The molecule has 0 spiro atoms. The molecular formula is C23H25ClN2O4. The molecule has 0 radical (unpaired) electrons. The number of carboxylic acid groups (broad SMARTS) is 1. The van der Waals surface area contributed by atoms with Crippen molar-refractivity contribution in [2.75, 3.05) is 6.54 Å². The fourth-order valence-corrected chi connectivity index (χ4v) is 3.93. The van der Waals surface area contributed by atoms with Gasteiger partial charge in [-0.1, -0.05) is 49.7 Å². The van der Waals surface area contributed by atoms with Gasteiger partial charge < -0.3 is 15.3 Å². The zero-order chi connectivity index (χ0) is 21.8. The third-order valence-corrected chi connectivity index (χ3v) is 5.64. The summed E-state index contributed by atoms with van der Waals surface area (Å²) in [6.07, 6.45) is 1.20. The number of halogens is 1. The first kappa shape index (κ1) is 21.8. The van der Waals surface area contributed by atoms with Crippen molar-refractivity contribution in [1.29, 1.82) is 0 Å². The van der Waals surface area contributed by atoms with Gasteiger partial charge in [-0.05, 0) is 54.2 Å². The standard InChI is InChI=1S/C23H25ClN2O4/c1-14(2)21(25-22(29)15-7-9-18(24)10-8-15)23(30)26(13-20(27)28)19-11-16-5-3-4-6-17(16)12-19/h3-10,14,19,21H,11-13H2,1-2H3,(H,25,29)(H,27,28). The summed E-state index contributed by atoms with van der Waals surface area (Å²) in [6, 6.07) is 13.2. The molecule has 6 nitrogen and oxygen atoms in total. The maximum atomic E-state index is 13.4. The first-order chi connectivity index (χ1) is 14.3. The predicted molar refractivity (Wildman–Crippen MR) is 115 cm³/mol. The van der Waals surface area contributed by atoms with Crippen LogP contribution in [-0.4, -0.2) is 46.4 Å². The first-order valence-electron chi connectivity index (χ1n) is 9.91. The zero-order valence-corrected chi connectivity index (χ0v) is 17.7. The largest absolute Gasteiger partial charge is 0.480 e. The Morgan fingerprint density at radius 2 is 1.63 bits per heavy atom. The van der Waals surface area contributed by atoms with Crippen molar-refractivity contribution < 1.29 is 19.5 Å². The highest BCUT2D eigenvalue weighted by molar-refractivity contribution is 6.30. The number of nitrogens with zero attached hydrogens (tertiary/aromatic N) is 1. The number of amides is 2. The molecule has 1 aliphatic rings. The minimum atomic E-state index is -1.08. The van der Waals surface area contributed by atoms with Crippen molar-refractivity contribution in [3.8, 4) is 0 Å². The van der Waals surface area contributed by atoms with E-state index in [2.05, 4.69) is 5.32 Å². The Morgan fingerprint density at radius 1 is 1.07 bits per heavy atom. The van der Waals surface area contributed by atoms with E-state index < -0.39 is 24.5 Å². The second kappa shape index (κ2) is 9.30. The van der Waals surface area contributed by atoms with Gasteiger partial charge in [0.15, 0.2) is 0 Å². The highest BCUT2D eigenvalue weighted by Crippen LogP contribution is 2.26. The fraction of sp³-hybridized carbons (Fsp3) is 0.348. The molecule has 2 aromatic rings. The maximum absolute atomic E-state index is 13.4. The molecule has 2 N–H and O–H groups in total. The van der Waals surface area contributed by atoms with Crippen LogP contribution in [-0.2, 0) is 22.4 Å². The molecule has 30 heavy (non-hydrogen) atoms. The van der Waals surface area contributed by atoms with Gasteiger partial charge >= 0.3 is 5.97 Å². The van der Waals surface area contributed by atoms with Crippen LogP contribution in [0, 0.1) is 5.92 Å². The van der Waals surface area contributed by atoms with E-state index in [1.807, 2.05) is 38.1 Å². The SMILES string of the molecule is CC(C)C(NC(=O)c1ccc(Cl)cc1)C(=O)N(CC(=O)O)C1Cc2ccccc2C1. The average molecular weight is 429 g/mol. The normalized spacial score (nSPS) is 14.3. The third kappa shape index (κ3) is 5.00. The van der Waals surface area contributed by atoms with Crippen LogP contribution in [0.2, 0.25) is 5.02 Å². The van der Waals surface area contributed by atoms with Gasteiger partial charge in [-0.15, -0.1) is 0 Å². The molecule has 1 unspecified atom stereocenters. The Hall–Kier alpha value is -2.86. The van der Waals surface area contributed by atoms with Crippen molar-refractivity contribution in [2.24, 2.45) is 5.92 Å². The molecule has 0 saturated heterocycles. The number of rotatable bonds is 7. The second-order valence-corrected chi connectivity index (χ2v) is 8.33. The quantitative estimate of drug-likeness (QED) is 0.709. The van der Waals surface area contributed by atoms with Crippen LogP contribution in [0.3, 0.4) is 0 Å². The molecule has 0 heterocycles. The van der Waals surface area contributed by atoms with Gasteiger partial charge in [-0.25, -0.2) is 0 Å². The van der Waals surface area contributed by atoms with Crippen LogP contribution < -0.4 is 5.32 Å². The second-order valence-electron chi connectivity index (χ2n) is 7.89. The molecule has 0 saturated carbocycles. The van der Waals surface area contributed by atoms with Gasteiger partial charge in [-0.3, -0.25) is 14.4 Å². The molecule has 3 rings (SSSR count). The van der Waals surface area contributed by atoms with Gasteiger partial charge in [0, 0.05) is 16.6 Å². The summed E-state index contributed by atoms with van der Waals surface area (Å²) >= 11 is 5.88. The number of carbonyl (C=O) groups excluding carboxylic acids is 2. The van der Waals surface area contributed by atoms with Crippen molar-refractivity contribution in [1.82, 2.24) is 10.2 Å². The molecule has 158 valence electrons. The van der Waals surface area contributed by atoms with Crippen molar-refractivity contribution in [2.45, 2.75) is 38.8 Å². The lowest BCUT2D eigenvalue weighted by Crippen LogP contribution is -2.55. The molecule has 2 aromatic carbocycles. The van der Waals surface area contributed by atoms with Gasteiger partial charge in [0.25, 0.3) is 5.91 Å². The molecule has 0 aliphatic heterocycles. The monoisotopic (exact) mass is 428 g/mol. The fourth-order valence-electron chi connectivity index (χ4n) is 3.81. The average Bonchev–Trinajstić information content (AvgIpc) is 3.13. The summed E-state index contributed by atoms with van der Waals surface area (Å²) in [5, 5.41) is 12.7. The van der Waals surface area contributed by atoms with Crippen molar-refractivity contribution >= 4 is 29.4 Å². The van der Waals surface area contributed by atoms with Gasteiger partial charge in [-0.2, -0.15) is 0 Å². The highest BCUT2D eigenvalue weighted by atomic mass is 35.5. The predicted octanol–water partition coefficient (Wildman–Crippen LogP) is 3.18. The Kier molecular flexibility index (Phi) is 6.77. The number of hydrogen-bond acceptors (Lipinski definition) is 3. The smallest absolute Gasteiger partial charge is 0.323 e. The number of aliphatic carboxylic acids is 1. The minimum Gasteiger partial charge on any atom is -0.480 e. The van der Waals surface area contributed by atoms with Crippen LogP contribution in [0.1, 0.15) is 35.3 Å². The topological polar surface area (TPSA) is 86.7 Å². The van der Waals surface area contributed by atoms with Gasteiger partial charge in [0.1, 0.15) is 12.6 Å². The number of fused-ring (bicyclic) bond motifs is 1. The third-order valence-electron chi connectivity index (χ3n) is 5.38. The van der Waals surface area contributed by atoms with Gasteiger partial charge in [0.2, 0.25) is 5.91 Å². The highest BCUT2D eigenvalue weighted by Gasteiger charge is 2.36. The molecule has 1 atom stereocenters. The van der Waals surface area contributed by atoms with E-state index >= 15 is 0 Å². The summed E-state index contributed by atoms with van der Waals surface area (Å²) < 4.78 is 0. The van der Waals surface area contributed by atoms with E-state index in [9.17, 15) is 19.5 Å². The molecule has 0 bridgehead atoms. The Balaban J connectivity index is 1.80. The molecule has 1 aliphatic carbocycles. The van der Waals surface area contributed by atoms with E-state index in [0.29, 0.717) is 23.4 Å². The molecule has 0 fully saturated rings. The van der Waals surface area contributed by atoms with Crippen molar-refractivity contribution in [3.63, 3.8) is 0 Å². The lowest BCUT2D eigenvalue weighted by atomic mass is 10.0. The minimum absolute atomic E-state index is 0.214. The summed E-state index contributed by atoms with van der Waals surface area (Å²) in [5.41, 5.74) is 2.63. The number of hydrogen-bond donors (Lipinski definition) is 2. The molecule has 2 amide bonds. The Labute approximate surface area is 180 Å². The number of nitrogens with one attached hydrogen (secondary N) is 1. The van der Waals surface area contributed by atoms with Crippen LogP contribution >= 0.6 is 11.6 Å². The Bertz CT molecular complexity index is 917. The Morgan fingerprint density at radius 3 is 2.13 bits per heavy atom. The maximum Gasteiger partial charge on any atom is 0.323 e. The van der Waals surface area contributed by atoms with E-state index in [-0.39, 0.29) is 17.9 Å². The van der Waals surface area contributed by atoms with E-state index in [0.717, 1.165) is 11.1 Å². The van der Waals surface area contributed by atoms with E-state index in [1.54, 1.807) is 24.3 Å². The molecular weight excluding hydrogens is 404 g/mol. The van der Waals surface area contributed by atoms with Crippen LogP contribution in [0.15, 0.2) is 48.5 Å². The number of carboxylic acids is 1. The zero-order valence-electron chi connectivity index (χ0n) is 17.0. The van der Waals surface area contributed by atoms with Crippen LogP contribution in [0.4, 0.5) is 0 Å². The molecule has 0 aromatic heterocycles. The molecule has 7 heteroatoms. The van der Waals surface area contributed by atoms with Gasteiger partial charge in [0.05, 0.1) is 0 Å². The van der Waals surface area contributed by atoms with Crippen LogP contribution in [0.25, 0.3) is 0 Å². The first-order valence-corrected chi connectivity index (χ1v) is 10.3. The van der Waals surface area contributed by atoms with Crippen LogP contribution in [0.5, 0.6) is 0 Å². The number of benzene rings is 2. The van der Waals surface area contributed by atoms with E-state index in [1.165, 1.54) is 4.90 Å². The number of carbonyl (C=O) groups is 3. The lowest BCUT2D eigenvalue weighted by molar-refractivity contribution is -0.147. The summed E-state index contributed by atoms with van der Waals surface area (Å²) in [6.45, 7) is 3.25. The van der Waals surface area contributed by atoms with Crippen molar-refractivity contribution in [3.05, 3.63) is 70.2 Å². The summed E-state index contributed by atoms with van der Waals surface area (Å²) in [7, 11) is 0. The van der Waals surface area contributed by atoms with E-state index in [4.69, 9.17) is 11.6 Å². The summed E-state index contributed by atoms with van der Waals surface area (Å²) in [5.74, 6) is -2.07.